The van der Waals surface area contributed by atoms with Crippen LogP contribution in [0.2, 0.25) is 0 Å². The molecule has 1 aromatic carbocycles. The monoisotopic (exact) mass is 210 g/mol. The van der Waals surface area contributed by atoms with Gasteiger partial charge in [-0.15, -0.1) is 0 Å². The Bertz CT molecular complexity index is 477. The SMILES string of the molecule is COc1[c]ccc(C=Cc2cccnc2)c1. The second-order valence-corrected chi connectivity index (χ2v) is 3.31. The van der Waals surface area contributed by atoms with E-state index in [9.17, 15) is 0 Å². The average molecular weight is 210 g/mol. The largest absolute Gasteiger partial charge is 0.496 e. The zero-order valence-corrected chi connectivity index (χ0v) is 9.05. The summed E-state index contributed by atoms with van der Waals surface area (Å²) in [6, 6.07) is 12.7. The molecule has 0 amide bonds. The van der Waals surface area contributed by atoms with Gasteiger partial charge in [-0.1, -0.05) is 24.3 Å². The molecule has 16 heavy (non-hydrogen) atoms. The molecule has 1 aromatic heterocycles. The Morgan fingerprint density at radius 1 is 1.25 bits per heavy atom. The van der Waals surface area contributed by atoms with Crippen LogP contribution < -0.4 is 4.74 Å². The van der Waals surface area contributed by atoms with Crippen LogP contribution >= 0.6 is 0 Å². The zero-order valence-electron chi connectivity index (χ0n) is 9.05. The fraction of sp³-hybridized carbons (Fsp3) is 0.0714. The summed E-state index contributed by atoms with van der Waals surface area (Å²) in [6.07, 6.45) is 7.62. The molecule has 0 unspecified atom stereocenters. The molecule has 79 valence electrons. The van der Waals surface area contributed by atoms with E-state index in [2.05, 4.69) is 11.1 Å². The van der Waals surface area contributed by atoms with Gasteiger partial charge in [0.05, 0.1) is 7.11 Å². The van der Waals surface area contributed by atoms with Crippen molar-refractivity contribution in [3.8, 4) is 5.75 Å². The molecule has 0 saturated carbocycles. The van der Waals surface area contributed by atoms with Crippen molar-refractivity contribution < 1.29 is 4.74 Å². The Kier molecular flexibility index (Phi) is 3.34. The molecular formula is C14H12NO. The van der Waals surface area contributed by atoms with Gasteiger partial charge in [0.1, 0.15) is 5.75 Å². The van der Waals surface area contributed by atoms with E-state index in [-0.39, 0.29) is 0 Å². The number of nitrogens with zero attached hydrogens (tertiary/aromatic N) is 1. The van der Waals surface area contributed by atoms with Crippen LogP contribution in [-0.4, -0.2) is 12.1 Å². The van der Waals surface area contributed by atoms with Crippen molar-refractivity contribution in [2.75, 3.05) is 7.11 Å². The predicted molar refractivity (Wildman–Crippen MR) is 65.0 cm³/mol. The van der Waals surface area contributed by atoms with Crippen LogP contribution in [0.15, 0.2) is 42.7 Å². The van der Waals surface area contributed by atoms with Gasteiger partial charge in [0, 0.05) is 18.5 Å². The molecule has 2 nitrogen and oxygen atoms in total. The number of hydrogen-bond donors (Lipinski definition) is 0. The first-order chi connectivity index (χ1) is 7.88. The van der Waals surface area contributed by atoms with Crippen LogP contribution in [0.25, 0.3) is 12.2 Å². The van der Waals surface area contributed by atoms with Crippen molar-refractivity contribution in [1.82, 2.24) is 4.98 Å². The summed E-state index contributed by atoms with van der Waals surface area (Å²) in [5, 5.41) is 0. The zero-order chi connectivity index (χ0) is 11.2. The van der Waals surface area contributed by atoms with Crippen molar-refractivity contribution >= 4 is 12.2 Å². The Hall–Kier alpha value is -2.09. The van der Waals surface area contributed by atoms with Gasteiger partial charge in [0.2, 0.25) is 0 Å². The smallest absolute Gasteiger partial charge is 0.127 e. The van der Waals surface area contributed by atoms with Gasteiger partial charge in [-0.05, 0) is 29.3 Å². The molecule has 0 aliphatic rings. The van der Waals surface area contributed by atoms with Crippen molar-refractivity contribution in [2.45, 2.75) is 0 Å². The van der Waals surface area contributed by atoms with E-state index in [1.165, 1.54) is 0 Å². The van der Waals surface area contributed by atoms with E-state index in [4.69, 9.17) is 4.74 Å². The highest BCUT2D eigenvalue weighted by molar-refractivity contribution is 5.69. The van der Waals surface area contributed by atoms with Crippen molar-refractivity contribution in [3.63, 3.8) is 0 Å². The van der Waals surface area contributed by atoms with E-state index in [1.807, 2.05) is 48.7 Å². The molecule has 0 aliphatic heterocycles. The maximum absolute atomic E-state index is 5.11. The fourth-order valence-electron chi connectivity index (χ4n) is 1.35. The lowest BCUT2D eigenvalue weighted by atomic mass is 10.1. The molecule has 0 aliphatic carbocycles. The van der Waals surface area contributed by atoms with Gasteiger partial charge in [-0.2, -0.15) is 0 Å². The number of hydrogen-bond acceptors (Lipinski definition) is 2. The molecule has 0 atom stereocenters. The molecule has 1 radical (unpaired) electrons. The minimum Gasteiger partial charge on any atom is -0.496 e. The summed E-state index contributed by atoms with van der Waals surface area (Å²) in [5.74, 6) is 0.744. The Morgan fingerprint density at radius 2 is 2.12 bits per heavy atom. The summed E-state index contributed by atoms with van der Waals surface area (Å²) < 4.78 is 5.11. The lowest BCUT2D eigenvalue weighted by Crippen LogP contribution is -1.82. The van der Waals surface area contributed by atoms with Crippen LogP contribution in [0.1, 0.15) is 11.1 Å². The van der Waals surface area contributed by atoms with Crippen LogP contribution in [0, 0.1) is 6.07 Å². The second kappa shape index (κ2) is 5.12. The molecule has 0 fully saturated rings. The van der Waals surface area contributed by atoms with Crippen molar-refractivity contribution in [2.24, 2.45) is 0 Å². The molecule has 1 heterocycles. The first kappa shape index (κ1) is 10.4. The topological polar surface area (TPSA) is 22.1 Å². The standard InChI is InChI=1S/C14H12NO/c1-16-14-6-2-4-12(10-14)7-8-13-5-3-9-15-11-13/h2-5,7-11H,1H3. The maximum Gasteiger partial charge on any atom is 0.127 e. The van der Waals surface area contributed by atoms with Crippen LogP contribution in [0.4, 0.5) is 0 Å². The maximum atomic E-state index is 5.11. The highest BCUT2D eigenvalue weighted by Crippen LogP contribution is 2.14. The molecule has 0 saturated heterocycles. The van der Waals surface area contributed by atoms with Gasteiger partial charge >= 0.3 is 0 Å². The quantitative estimate of drug-likeness (QED) is 0.776. The van der Waals surface area contributed by atoms with Gasteiger partial charge in [-0.3, -0.25) is 4.98 Å². The summed E-state index contributed by atoms with van der Waals surface area (Å²) in [6.45, 7) is 0. The summed E-state index contributed by atoms with van der Waals surface area (Å²) in [5.41, 5.74) is 2.16. The summed E-state index contributed by atoms with van der Waals surface area (Å²) >= 11 is 0. The van der Waals surface area contributed by atoms with Crippen LogP contribution in [0.5, 0.6) is 5.75 Å². The van der Waals surface area contributed by atoms with Gasteiger partial charge in [0.25, 0.3) is 0 Å². The number of pyridine rings is 1. The van der Waals surface area contributed by atoms with E-state index in [0.717, 1.165) is 16.9 Å². The predicted octanol–water partition coefficient (Wildman–Crippen LogP) is 3.06. The number of ether oxygens (including phenoxy) is 1. The molecule has 2 aromatic rings. The first-order valence-electron chi connectivity index (χ1n) is 5.02. The van der Waals surface area contributed by atoms with Crippen molar-refractivity contribution in [1.29, 1.82) is 0 Å². The third-order valence-corrected chi connectivity index (χ3v) is 2.17. The van der Waals surface area contributed by atoms with E-state index < -0.39 is 0 Å². The van der Waals surface area contributed by atoms with E-state index in [1.54, 1.807) is 13.3 Å². The molecular weight excluding hydrogens is 198 g/mol. The highest BCUT2D eigenvalue weighted by Gasteiger charge is 1.92. The number of aromatic nitrogens is 1. The Labute approximate surface area is 95.2 Å². The molecule has 0 bridgehead atoms. The number of rotatable bonds is 3. The number of methoxy groups -OCH3 is 1. The molecule has 0 spiro atoms. The highest BCUT2D eigenvalue weighted by atomic mass is 16.5. The van der Waals surface area contributed by atoms with Crippen LogP contribution in [0.3, 0.4) is 0 Å². The number of benzene rings is 1. The van der Waals surface area contributed by atoms with Gasteiger partial charge < -0.3 is 4.74 Å². The van der Waals surface area contributed by atoms with E-state index >= 15 is 0 Å². The summed E-state index contributed by atoms with van der Waals surface area (Å²) in [7, 11) is 1.64. The molecule has 2 rings (SSSR count). The molecule has 0 N–H and O–H groups in total. The summed E-state index contributed by atoms with van der Waals surface area (Å²) in [4.78, 5) is 4.05. The van der Waals surface area contributed by atoms with Crippen LogP contribution in [-0.2, 0) is 0 Å². The third-order valence-electron chi connectivity index (χ3n) is 2.17. The lowest BCUT2D eigenvalue weighted by molar-refractivity contribution is 0.414. The minimum absolute atomic E-state index is 0.744. The minimum atomic E-state index is 0.744. The third kappa shape index (κ3) is 2.70. The van der Waals surface area contributed by atoms with Gasteiger partial charge in [-0.25, -0.2) is 0 Å². The molecule has 2 heteroatoms. The van der Waals surface area contributed by atoms with E-state index in [0.29, 0.717) is 0 Å². The van der Waals surface area contributed by atoms with Crippen molar-refractivity contribution in [3.05, 3.63) is 59.9 Å². The lowest BCUT2D eigenvalue weighted by Gasteiger charge is -1.99. The van der Waals surface area contributed by atoms with Gasteiger partial charge in [0.15, 0.2) is 0 Å². The first-order valence-corrected chi connectivity index (χ1v) is 5.02. The normalized spacial score (nSPS) is 10.6. The average Bonchev–Trinajstić information content (AvgIpc) is 2.38. The second-order valence-electron chi connectivity index (χ2n) is 3.31. The Balaban J connectivity index is 2.17. The fourth-order valence-corrected chi connectivity index (χ4v) is 1.35. The Morgan fingerprint density at radius 3 is 2.88 bits per heavy atom.